The van der Waals surface area contributed by atoms with E-state index < -0.39 is 0 Å². The smallest absolute Gasteiger partial charge is 0.0985 e. The molecule has 136 valence electrons. The number of hydrogen-bond donors (Lipinski definition) is 0. The molecule has 0 radical (unpaired) electrons. The van der Waals surface area contributed by atoms with Crippen molar-refractivity contribution in [2.75, 3.05) is 5.01 Å². The summed E-state index contributed by atoms with van der Waals surface area (Å²) in [5.74, 6) is 0.383. The van der Waals surface area contributed by atoms with Crippen molar-refractivity contribution in [3.63, 3.8) is 0 Å². The number of anilines is 1. The second kappa shape index (κ2) is 7.45. The van der Waals surface area contributed by atoms with Crippen molar-refractivity contribution in [1.29, 1.82) is 0 Å². The van der Waals surface area contributed by atoms with Gasteiger partial charge in [0.1, 0.15) is 0 Å². The van der Waals surface area contributed by atoms with Gasteiger partial charge in [0.2, 0.25) is 0 Å². The first-order valence-corrected chi connectivity index (χ1v) is 11.3. The third-order valence-electron chi connectivity index (χ3n) is 5.45. The Morgan fingerprint density at radius 1 is 0.889 bits per heavy atom. The van der Waals surface area contributed by atoms with E-state index in [-0.39, 0.29) is 6.04 Å². The van der Waals surface area contributed by atoms with Crippen LogP contribution in [0.4, 0.5) is 5.69 Å². The SMILES string of the molecule is C(=C1/CCCCC2=NN(c3ccccc3)[C@@H](c3cccs3)[C@H]21)/c1cccs1. The maximum absolute atomic E-state index is 5.18. The number of rotatable bonds is 3. The van der Waals surface area contributed by atoms with E-state index in [0.717, 1.165) is 6.42 Å². The third-order valence-corrected chi connectivity index (χ3v) is 7.21. The van der Waals surface area contributed by atoms with Gasteiger partial charge < -0.3 is 0 Å². The van der Waals surface area contributed by atoms with Gasteiger partial charge in [0.05, 0.1) is 11.7 Å². The summed E-state index contributed by atoms with van der Waals surface area (Å²) in [4.78, 5) is 2.76. The number of thiophene rings is 2. The summed E-state index contributed by atoms with van der Waals surface area (Å²) in [6, 6.07) is 19.7. The van der Waals surface area contributed by atoms with Gasteiger partial charge in [0.15, 0.2) is 0 Å². The van der Waals surface area contributed by atoms with Crippen molar-refractivity contribution >= 4 is 40.1 Å². The molecule has 3 heterocycles. The molecule has 2 aliphatic rings. The molecule has 0 spiro atoms. The number of fused-ring (bicyclic) bond motifs is 1. The molecule has 1 saturated carbocycles. The number of nitrogens with zero attached hydrogens (tertiary/aromatic N) is 2. The summed E-state index contributed by atoms with van der Waals surface area (Å²) in [5, 5.41) is 11.8. The predicted octanol–water partition coefficient (Wildman–Crippen LogP) is 7.00. The van der Waals surface area contributed by atoms with E-state index in [4.69, 9.17) is 5.10 Å². The number of hydrogen-bond acceptors (Lipinski definition) is 4. The number of para-hydroxylation sites is 1. The van der Waals surface area contributed by atoms with Crippen LogP contribution in [0.15, 0.2) is 76.0 Å². The molecule has 2 atom stereocenters. The Labute approximate surface area is 168 Å². The fourth-order valence-electron chi connectivity index (χ4n) is 4.26. The minimum atomic E-state index is 0.270. The summed E-state index contributed by atoms with van der Waals surface area (Å²) in [5.41, 5.74) is 4.09. The Hall–Kier alpha value is -2.17. The molecule has 1 aromatic carbocycles. The van der Waals surface area contributed by atoms with Crippen LogP contribution in [-0.2, 0) is 0 Å². The molecular weight excluding hydrogens is 368 g/mol. The normalized spacial score (nSPS) is 23.9. The van der Waals surface area contributed by atoms with Crippen LogP contribution in [0.1, 0.15) is 41.5 Å². The van der Waals surface area contributed by atoms with Gasteiger partial charge in [-0.3, -0.25) is 5.01 Å². The fourth-order valence-corrected chi connectivity index (χ4v) is 5.80. The van der Waals surface area contributed by atoms with Crippen LogP contribution in [0.3, 0.4) is 0 Å². The summed E-state index contributed by atoms with van der Waals surface area (Å²) >= 11 is 3.68. The van der Waals surface area contributed by atoms with Crippen molar-refractivity contribution in [1.82, 2.24) is 0 Å². The second-order valence-corrected chi connectivity index (χ2v) is 9.11. The van der Waals surface area contributed by atoms with Gasteiger partial charge in [0.25, 0.3) is 0 Å². The third kappa shape index (κ3) is 3.28. The molecule has 0 bridgehead atoms. The van der Waals surface area contributed by atoms with Crippen LogP contribution in [0.5, 0.6) is 0 Å². The van der Waals surface area contributed by atoms with E-state index in [1.165, 1.54) is 40.4 Å². The summed E-state index contributed by atoms with van der Waals surface area (Å²) < 4.78 is 0. The predicted molar refractivity (Wildman–Crippen MR) is 118 cm³/mol. The van der Waals surface area contributed by atoms with E-state index in [1.807, 2.05) is 22.7 Å². The van der Waals surface area contributed by atoms with Gasteiger partial charge in [-0.2, -0.15) is 5.10 Å². The zero-order valence-corrected chi connectivity index (χ0v) is 16.8. The average Bonchev–Trinajstić information content (AvgIpc) is 3.43. The molecular formula is C23H22N2S2. The minimum Gasteiger partial charge on any atom is -0.256 e. The molecule has 0 saturated heterocycles. The summed E-state index contributed by atoms with van der Waals surface area (Å²) in [6.07, 6.45) is 7.21. The Kier molecular flexibility index (Phi) is 4.68. The van der Waals surface area contributed by atoms with Crippen molar-refractivity contribution in [2.24, 2.45) is 11.0 Å². The molecule has 2 aromatic heterocycles. The van der Waals surface area contributed by atoms with Crippen LogP contribution in [0.25, 0.3) is 6.08 Å². The lowest BCUT2D eigenvalue weighted by molar-refractivity contribution is 0.602. The van der Waals surface area contributed by atoms with E-state index in [0.29, 0.717) is 5.92 Å². The van der Waals surface area contributed by atoms with Gasteiger partial charge in [0, 0.05) is 21.4 Å². The monoisotopic (exact) mass is 390 g/mol. The van der Waals surface area contributed by atoms with Gasteiger partial charge in [-0.05, 0) is 66.8 Å². The first-order chi connectivity index (χ1) is 13.4. The lowest BCUT2D eigenvalue weighted by Gasteiger charge is -2.28. The van der Waals surface area contributed by atoms with E-state index in [1.54, 1.807) is 5.57 Å². The molecule has 3 aromatic rings. The molecule has 4 heteroatoms. The number of hydrazone groups is 1. The Bertz CT molecular complexity index is 940. The highest BCUT2D eigenvalue weighted by Crippen LogP contribution is 2.47. The topological polar surface area (TPSA) is 15.6 Å². The molecule has 27 heavy (non-hydrogen) atoms. The fraction of sp³-hybridized carbons (Fsp3) is 0.261. The lowest BCUT2D eigenvalue weighted by Crippen LogP contribution is -2.25. The zero-order valence-electron chi connectivity index (χ0n) is 15.1. The quantitative estimate of drug-likeness (QED) is 0.470. The van der Waals surface area contributed by atoms with Crippen molar-refractivity contribution in [3.8, 4) is 0 Å². The molecule has 2 nitrogen and oxygen atoms in total. The zero-order chi connectivity index (χ0) is 18.1. The molecule has 0 unspecified atom stereocenters. The Balaban J connectivity index is 1.62. The van der Waals surface area contributed by atoms with Gasteiger partial charge >= 0.3 is 0 Å². The molecule has 1 aliphatic carbocycles. The molecule has 1 fully saturated rings. The van der Waals surface area contributed by atoms with E-state index in [9.17, 15) is 0 Å². The van der Waals surface area contributed by atoms with Gasteiger partial charge in [-0.25, -0.2) is 0 Å². The first kappa shape index (κ1) is 17.0. The summed E-state index contributed by atoms with van der Waals surface area (Å²) in [7, 11) is 0. The largest absolute Gasteiger partial charge is 0.256 e. The summed E-state index contributed by atoms with van der Waals surface area (Å²) in [6.45, 7) is 0. The Morgan fingerprint density at radius 3 is 2.48 bits per heavy atom. The molecule has 1 aliphatic heterocycles. The molecule has 5 rings (SSSR count). The second-order valence-electron chi connectivity index (χ2n) is 7.15. The minimum absolute atomic E-state index is 0.270. The van der Waals surface area contributed by atoms with Crippen LogP contribution in [0.2, 0.25) is 0 Å². The van der Waals surface area contributed by atoms with Crippen LogP contribution < -0.4 is 5.01 Å². The maximum atomic E-state index is 5.18. The van der Waals surface area contributed by atoms with Crippen LogP contribution in [0, 0.1) is 5.92 Å². The molecule has 0 N–H and O–H groups in total. The highest BCUT2D eigenvalue weighted by molar-refractivity contribution is 7.11. The van der Waals surface area contributed by atoms with Crippen molar-refractivity contribution in [2.45, 2.75) is 31.7 Å². The van der Waals surface area contributed by atoms with Crippen molar-refractivity contribution < 1.29 is 0 Å². The Morgan fingerprint density at radius 2 is 1.70 bits per heavy atom. The average molecular weight is 391 g/mol. The van der Waals surface area contributed by atoms with Gasteiger partial charge in [-0.15, -0.1) is 22.7 Å². The standard InChI is InChI=1S/C23H22N2S2/c1-2-9-18(10-3-1)25-23(21-13-7-15-27-21)22-17(16-19-11-6-14-26-19)8-4-5-12-20(22)24-25/h1-3,6-7,9-11,13-16,22-23H,4-5,8,12H2/b17-16+/t22-,23-/m0/s1. The van der Waals surface area contributed by atoms with Crippen LogP contribution >= 0.6 is 22.7 Å². The lowest BCUT2D eigenvalue weighted by atomic mass is 9.85. The highest BCUT2D eigenvalue weighted by Gasteiger charge is 2.42. The van der Waals surface area contributed by atoms with Crippen molar-refractivity contribution in [3.05, 3.63) is 80.7 Å². The maximum Gasteiger partial charge on any atom is 0.0985 e. The highest BCUT2D eigenvalue weighted by atomic mass is 32.1. The van der Waals surface area contributed by atoms with Gasteiger partial charge in [-0.1, -0.05) is 35.9 Å². The number of benzene rings is 1. The molecule has 0 amide bonds. The van der Waals surface area contributed by atoms with Crippen LogP contribution in [-0.4, -0.2) is 5.71 Å². The van der Waals surface area contributed by atoms with E-state index >= 15 is 0 Å². The van der Waals surface area contributed by atoms with E-state index in [2.05, 4.69) is 76.4 Å². The first-order valence-electron chi connectivity index (χ1n) is 9.59.